The second-order valence-electron chi connectivity index (χ2n) is 6.43. The first-order valence-electron chi connectivity index (χ1n) is 8.68. The van der Waals surface area contributed by atoms with Gasteiger partial charge in [-0.05, 0) is 49.2 Å². The maximum atomic E-state index is 12.1. The van der Waals surface area contributed by atoms with E-state index in [0.717, 1.165) is 27.0 Å². The smallest absolute Gasteiger partial charge is 0.414 e. The topological polar surface area (TPSA) is 71.5 Å². The van der Waals surface area contributed by atoms with Gasteiger partial charge in [0.1, 0.15) is 5.88 Å². The Morgan fingerprint density at radius 2 is 1.96 bits per heavy atom. The Hall–Kier alpha value is -2.64. The minimum atomic E-state index is -0.398. The monoisotopic (exact) mass is 417 g/mol. The first-order valence-corrected chi connectivity index (χ1v) is 10.0. The summed E-state index contributed by atoms with van der Waals surface area (Å²) in [6, 6.07) is 13.5. The van der Waals surface area contributed by atoms with Gasteiger partial charge in [0.25, 0.3) is 0 Å². The van der Waals surface area contributed by atoms with Crippen LogP contribution in [0.15, 0.2) is 42.5 Å². The molecule has 1 aromatic heterocycles. The molecule has 0 fully saturated rings. The molecular formula is C20H20ClN3O3S. The highest BCUT2D eigenvalue weighted by Gasteiger charge is 2.15. The first-order chi connectivity index (χ1) is 13.4. The molecule has 1 heterocycles. The summed E-state index contributed by atoms with van der Waals surface area (Å²) in [5.74, 6) is -0.397. The van der Waals surface area contributed by atoms with Crippen molar-refractivity contribution in [3.63, 3.8) is 0 Å². The zero-order valence-electron chi connectivity index (χ0n) is 15.7. The number of hydrogen-bond acceptors (Lipinski definition) is 5. The molecule has 0 aliphatic heterocycles. The summed E-state index contributed by atoms with van der Waals surface area (Å²) < 4.78 is 6.19. The Labute approximate surface area is 172 Å². The minimum Gasteiger partial charge on any atom is -0.446 e. The molecule has 3 rings (SSSR count). The minimum absolute atomic E-state index is 0.110. The summed E-state index contributed by atoms with van der Waals surface area (Å²) in [7, 11) is 1.68. The number of amides is 2. The number of benzene rings is 2. The van der Waals surface area contributed by atoms with Crippen LogP contribution in [-0.4, -0.2) is 36.0 Å². The highest BCUT2D eigenvalue weighted by atomic mass is 35.5. The van der Waals surface area contributed by atoms with Crippen molar-refractivity contribution >= 4 is 56.0 Å². The highest BCUT2D eigenvalue weighted by molar-refractivity contribution is 7.22. The number of fused-ring (bicyclic) bond motifs is 1. The third-order valence-electron chi connectivity index (χ3n) is 3.93. The summed E-state index contributed by atoms with van der Waals surface area (Å²) >= 11 is 6.91. The molecule has 146 valence electrons. The molecule has 1 N–H and O–H groups in total. The molecule has 0 unspecified atom stereocenters. The Kier molecular flexibility index (Phi) is 6.16. The number of alkyl halides is 1. The summed E-state index contributed by atoms with van der Waals surface area (Å²) in [4.78, 5) is 29.5. The zero-order chi connectivity index (χ0) is 20.3. The van der Waals surface area contributed by atoms with Gasteiger partial charge < -0.3 is 10.1 Å². The Balaban J connectivity index is 1.88. The quantitative estimate of drug-likeness (QED) is 0.584. The number of rotatable bonds is 5. The van der Waals surface area contributed by atoms with Crippen LogP contribution in [0, 0.1) is 0 Å². The van der Waals surface area contributed by atoms with Crippen LogP contribution in [0.1, 0.15) is 13.8 Å². The van der Waals surface area contributed by atoms with Crippen molar-refractivity contribution in [3.8, 4) is 11.1 Å². The number of ether oxygens (including phenoxy) is 1. The predicted octanol–water partition coefficient (Wildman–Crippen LogP) is 5.12. The maximum absolute atomic E-state index is 12.1. The lowest BCUT2D eigenvalue weighted by molar-refractivity contribution is -0.113. The molecule has 0 radical (unpaired) electrons. The van der Waals surface area contributed by atoms with Crippen molar-refractivity contribution in [1.82, 2.24) is 4.98 Å². The third-order valence-corrected chi connectivity index (χ3v) is 5.11. The first kappa shape index (κ1) is 20.1. The molecule has 28 heavy (non-hydrogen) atoms. The molecule has 2 aromatic carbocycles. The third kappa shape index (κ3) is 4.61. The van der Waals surface area contributed by atoms with Gasteiger partial charge in [-0.1, -0.05) is 29.5 Å². The van der Waals surface area contributed by atoms with E-state index in [0.29, 0.717) is 5.13 Å². The molecule has 0 saturated heterocycles. The Morgan fingerprint density at radius 3 is 2.68 bits per heavy atom. The van der Waals surface area contributed by atoms with Crippen molar-refractivity contribution in [2.45, 2.75) is 20.0 Å². The van der Waals surface area contributed by atoms with E-state index in [1.54, 1.807) is 7.05 Å². The van der Waals surface area contributed by atoms with E-state index < -0.39 is 6.09 Å². The van der Waals surface area contributed by atoms with Crippen LogP contribution in [-0.2, 0) is 9.53 Å². The summed E-state index contributed by atoms with van der Waals surface area (Å²) in [6.45, 7) is 3.63. The van der Waals surface area contributed by atoms with Crippen molar-refractivity contribution < 1.29 is 14.3 Å². The van der Waals surface area contributed by atoms with E-state index in [2.05, 4.69) is 10.3 Å². The van der Waals surface area contributed by atoms with Crippen molar-refractivity contribution in [2.75, 3.05) is 23.1 Å². The molecule has 8 heteroatoms. The van der Waals surface area contributed by atoms with E-state index in [-0.39, 0.29) is 17.9 Å². The molecule has 0 aliphatic carbocycles. The number of anilines is 2. The molecule has 0 bridgehead atoms. The van der Waals surface area contributed by atoms with Gasteiger partial charge in [-0.3, -0.25) is 9.69 Å². The van der Waals surface area contributed by atoms with Gasteiger partial charge in [-0.15, -0.1) is 11.6 Å². The van der Waals surface area contributed by atoms with E-state index in [1.165, 1.54) is 16.2 Å². The van der Waals surface area contributed by atoms with Crippen LogP contribution in [0.4, 0.5) is 15.6 Å². The second kappa shape index (κ2) is 8.58. The van der Waals surface area contributed by atoms with Crippen LogP contribution < -0.4 is 10.2 Å². The van der Waals surface area contributed by atoms with Gasteiger partial charge in [0, 0.05) is 12.7 Å². The van der Waals surface area contributed by atoms with Gasteiger partial charge in [0.05, 0.1) is 16.3 Å². The van der Waals surface area contributed by atoms with Gasteiger partial charge in [0.2, 0.25) is 5.91 Å². The predicted molar refractivity (Wildman–Crippen MR) is 114 cm³/mol. The Bertz CT molecular complexity index is 1020. The van der Waals surface area contributed by atoms with Crippen molar-refractivity contribution in [1.29, 1.82) is 0 Å². The molecule has 3 aromatic rings. The number of aromatic nitrogens is 1. The standard InChI is InChI=1S/C20H20ClN3O3S/c1-12(2)27-20(26)24(3)15-6-4-5-13(9-15)14-7-8-16-17(10-14)28-19(22-16)23-18(25)11-21/h4-10,12H,11H2,1-3H3,(H,22,23,25). The highest BCUT2D eigenvalue weighted by Crippen LogP contribution is 2.32. The van der Waals surface area contributed by atoms with E-state index in [1.807, 2.05) is 56.3 Å². The van der Waals surface area contributed by atoms with E-state index in [4.69, 9.17) is 16.3 Å². The maximum Gasteiger partial charge on any atom is 0.414 e. The van der Waals surface area contributed by atoms with Crippen LogP contribution in [0.25, 0.3) is 21.3 Å². The normalized spacial score (nSPS) is 10.9. The fourth-order valence-corrected chi connectivity index (χ4v) is 3.58. The fourth-order valence-electron chi connectivity index (χ4n) is 2.59. The number of carbonyl (C=O) groups is 2. The average Bonchev–Trinajstić information content (AvgIpc) is 3.08. The summed E-state index contributed by atoms with van der Waals surface area (Å²) in [5, 5.41) is 3.19. The van der Waals surface area contributed by atoms with Crippen LogP contribution >= 0.6 is 22.9 Å². The van der Waals surface area contributed by atoms with E-state index in [9.17, 15) is 9.59 Å². The number of halogens is 1. The molecule has 0 saturated carbocycles. The average molecular weight is 418 g/mol. The summed E-state index contributed by atoms with van der Waals surface area (Å²) in [6.07, 6.45) is -0.579. The molecular weight excluding hydrogens is 398 g/mol. The van der Waals surface area contributed by atoms with Crippen molar-refractivity contribution in [3.05, 3.63) is 42.5 Å². The number of carbonyl (C=O) groups excluding carboxylic acids is 2. The van der Waals surface area contributed by atoms with Gasteiger partial charge in [-0.2, -0.15) is 0 Å². The molecule has 0 atom stereocenters. The number of nitrogens with zero attached hydrogens (tertiary/aromatic N) is 2. The molecule has 0 aliphatic rings. The van der Waals surface area contributed by atoms with Gasteiger partial charge >= 0.3 is 6.09 Å². The molecule has 2 amide bonds. The van der Waals surface area contributed by atoms with Crippen molar-refractivity contribution in [2.24, 2.45) is 0 Å². The van der Waals surface area contributed by atoms with Crippen LogP contribution in [0.2, 0.25) is 0 Å². The lowest BCUT2D eigenvalue weighted by Gasteiger charge is -2.19. The van der Waals surface area contributed by atoms with Crippen LogP contribution in [0.3, 0.4) is 0 Å². The second-order valence-corrected chi connectivity index (χ2v) is 7.72. The summed E-state index contributed by atoms with van der Waals surface area (Å²) in [5.41, 5.74) is 3.48. The van der Waals surface area contributed by atoms with E-state index >= 15 is 0 Å². The largest absolute Gasteiger partial charge is 0.446 e. The number of nitrogens with one attached hydrogen (secondary N) is 1. The molecule has 6 nitrogen and oxygen atoms in total. The lowest BCUT2D eigenvalue weighted by Crippen LogP contribution is -2.29. The Morgan fingerprint density at radius 1 is 1.21 bits per heavy atom. The SMILES string of the molecule is CC(C)OC(=O)N(C)c1cccc(-c2ccc3nc(NC(=O)CCl)sc3c2)c1. The van der Waals surface area contributed by atoms with Crippen LogP contribution in [0.5, 0.6) is 0 Å². The fraction of sp³-hybridized carbons (Fsp3) is 0.250. The van der Waals surface area contributed by atoms with Gasteiger partial charge in [-0.25, -0.2) is 9.78 Å². The number of thiazole rings is 1. The van der Waals surface area contributed by atoms with Gasteiger partial charge in [0.15, 0.2) is 5.13 Å². The number of hydrogen-bond donors (Lipinski definition) is 1. The zero-order valence-corrected chi connectivity index (χ0v) is 17.3. The molecule has 0 spiro atoms. The lowest BCUT2D eigenvalue weighted by atomic mass is 10.0.